The van der Waals surface area contributed by atoms with Crippen molar-refractivity contribution in [2.24, 2.45) is 0 Å². The molecule has 0 aliphatic carbocycles. The monoisotopic (exact) mass is 446 g/mol. The molecule has 0 bridgehead atoms. The molecule has 27 heavy (non-hydrogen) atoms. The van der Waals surface area contributed by atoms with Gasteiger partial charge in [0.1, 0.15) is 23.1 Å². The van der Waals surface area contributed by atoms with Crippen LogP contribution in [0.25, 0.3) is 0 Å². The van der Waals surface area contributed by atoms with Gasteiger partial charge in [0.05, 0.1) is 10.2 Å². The van der Waals surface area contributed by atoms with Gasteiger partial charge in [-0.15, -0.1) is 0 Å². The van der Waals surface area contributed by atoms with Crippen molar-refractivity contribution < 1.29 is 4.74 Å². The first-order chi connectivity index (χ1) is 13.2. The van der Waals surface area contributed by atoms with Crippen molar-refractivity contribution >= 4 is 38.4 Å². The van der Waals surface area contributed by atoms with Gasteiger partial charge in [0, 0.05) is 35.9 Å². The summed E-state index contributed by atoms with van der Waals surface area (Å²) >= 11 is 4.85. The van der Waals surface area contributed by atoms with Crippen LogP contribution in [0.5, 0.6) is 11.5 Å². The van der Waals surface area contributed by atoms with Crippen LogP contribution in [0, 0.1) is 6.92 Å². The number of hydrogen-bond donors (Lipinski definition) is 2. The van der Waals surface area contributed by atoms with E-state index in [4.69, 9.17) is 4.74 Å². The SMILES string of the molecule is Cc1ncccc1Oc1cc(Nc2nc(C3CCNCC3)ns2)ncc1Br. The van der Waals surface area contributed by atoms with Gasteiger partial charge in [-0.25, -0.2) is 9.97 Å². The molecule has 1 saturated heterocycles. The van der Waals surface area contributed by atoms with E-state index in [-0.39, 0.29) is 0 Å². The summed E-state index contributed by atoms with van der Waals surface area (Å²) in [6, 6.07) is 5.57. The Bertz CT molecular complexity index is 928. The second-order valence-electron chi connectivity index (χ2n) is 6.30. The van der Waals surface area contributed by atoms with E-state index < -0.39 is 0 Å². The molecule has 140 valence electrons. The largest absolute Gasteiger partial charge is 0.454 e. The standard InChI is InChI=1S/C18H19BrN6OS/c1-11-14(3-2-6-21-11)26-15-9-16(22-10-13(15)19)23-18-24-17(25-27-18)12-4-7-20-8-5-12/h2-3,6,9-10,12,20H,4-5,7-8H2,1H3,(H,22,23,24,25). The zero-order valence-electron chi connectivity index (χ0n) is 14.8. The zero-order valence-corrected chi connectivity index (χ0v) is 17.2. The van der Waals surface area contributed by atoms with Crippen LogP contribution in [0.1, 0.15) is 30.3 Å². The number of aromatic nitrogens is 4. The highest BCUT2D eigenvalue weighted by Gasteiger charge is 2.20. The van der Waals surface area contributed by atoms with E-state index in [1.54, 1.807) is 12.4 Å². The fraction of sp³-hybridized carbons (Fsp3) is 0.333. The van der Waals surface area contributed by atoms with E-state index in [1.165, 1.54) is 11.5 Å². The third-order valence-corrected chi connectivity index (χ3v) is 5.62. The molecule has 0 unspecified atom stereocenters. The number of nitrogens with one attached hydrogen (secondary N) is 2. The number of rotatable bonds is 5. The van der Waals surface area contributed by atoms with Crippen molar-refractivity contribution in [2.75, 3.05) is 18.4 Å². The Morgan fingerprint density at radius 3 is 2.93 bits per heavy atom. The maximum atomic E-state index is 5.99. The molecule has 9 heteroatoms. The Kier molecular flexibility index (Phi) is 5.61. The van der Waals surface area contributed by atoms with E-state index >= 15 is 0 Å². The molecule has 0 radical (unpaired) electrons. The van der Waals surface area contributed by atoms with Gasteiger partial charge >= 0.3 is 0 Å². The van der Waals surface area contributed by atoms with Crippen molar-refractivity contribution in [3.05, 3.63) is 46.6 Å². The number of ether oxygens (including phenoxy) is 1. The van der Waals surface area contributed by atoms with Crippen LogP contribution in [0.3, 0.4) is 0 Å². The molecule has 2 N–H and O–H groups in total. The van der Waals surface area contributed by atoms with Gasteiger partial charge in [0.15, 0.2) is 0 Å². The summed E-state index contributed by atoms with van der Waals surface area (Å²) in [5.41, 5.74) is 0.825. The summed E-state index contributed by atoms with van der Waals surface area (Å²) in [5, 5.41) is 7.34. The van der Waals surface area contributed by atoms with Crippen molar-refractivity contribution in [1.82, 2.24) is 24.6 Å². The van der Waals surface area contributed by atoms with Gasteiger partial charge in [0.2, 0.25) is 5.13 Å². The van der Waals surface area contributed by atoms with E-state index in [0.717, 1.165) is 47.1 Å². The van der Waals surface area contributed by atoms with Crippen molar-refractivity contribution in [3.8, 4) is 11.5 Å². The molecular formula is C18H19BrN6OS. The Morgan fingerprint density at radius 1 is 1.26 bits per heavy atom. The Morgan fingerprint density at radius 2 is 2.11 bits per heavy atom. The lowest BCUT2D eigenvalue weighted by atomic mass is 9.98. The Hall–Kier alpha value is -2.10. The Balaban J connectivity index is 1.50. The number of halogens is 1. The molecular weight excluding hydrogens is 428 g/mol. The zero-order chi connectivity index (χ0) is 18.6. The fourth-order valence-electron chi connectivity index (χ4n) is 2.90. The predicted octanol–water partition coefficient (Wildman–Crippen LogP) is 4.40. The van der Waals surface area contributed by atoms with Gasteiger partial charge < -0.3 is 15.4 Å². The number of anilines is 2. The highest BCUT2D eigenvalue weighted by molar-refractivity contribution is 9.10. The summed E-state index contributed by atoms with van der Waals surface area (Å²) in [5.74, 6) is 3.38. The first-order valence-electron chi connectivity index (χ1n) is 8.75. The molecule has 4 rings (SSSR count). The molecule has 0 atom stereocenters. The molecule has 7 nitrogen and oxygen atoms in total. The van der Waals surface area contributed by atoms with Crippen LogP contribution >= 0.6 is 27.5 Å². The minimum Gasteiger partial charge on any atom is -0.454 e. The number of pyridine rings is 2. The number of aryl methyl sites for hydroxylation is 1. The van der Waals surface area contributed by atoms with Gasteiger partial charge in [-0.2, -0.15) is 4.37 Å². The second kappa shape index (κ2) is 8.28. The minimum atomic E-state index is 0.434. The van der Waals surface area contributed by atoms with Gasteiger partial charge in [-0.3, -0.25) is 4.98 Å². The van der Waals surface area contributed by atoms with E-state index in [1.807, 2.05) is 25.1 Å². The van der Waals surface area contributed by atoms with Gasteiger partial charge in [-0.1, -0.05) is 0 Å². The lowest BCUT2D eigenvalue weighted by molar-refractivity contribution is 0.448. The summed E-state index contributed by atoms with van der Waals surface area (Å²) in [4.78, 5) is 13.3. The maximum Gasteiger partial charge on any atom is 0.208 e. The third-order valence-electron chi connectivity index (χ3n) is 4.38. The molecule has 0 aromatic carbocycles. The van der Waals surface area contributed by atoms with E-state index in [0.29, 0.717) is 23.2 Å². The minimum absolute atomic E-state index is 0.434. The predicted molar refractivity (Wildman–Crippen MR) is 109 cm³/mol. The number of hydrogen-bond acceptors (Lipinski definition) is 8. The first-order valence-corrected chi connectivity index (χ1v) is 10.3. The molecule has 1 fully saturated rings. The quantitative estimate of drug-likeness (QED) is 0.600. The molecule has 0 spiro atoms. The lowest BCUT2D eigenvalue weighted by Crippen LogP contribution is -2.27. The van der Waals surface area contributed by atoms with Gasteiger partial charge in [0.25, 0.3) is 0 Å². The van der Waals surface area contributed by atoms with Crippen LogP contribution in [-0.4, -0.2) is 32.4 Å². The van der Waals surface area contributed by atoms with E-state index in [2.05, 4.69) is 45.9 Å². The third kappa shape index (κ3) is 4.42. The number of piperidine rings is 1. The summed E-state index contributed by atoms with van der Waals surface area (Å²) in [6.07, 6.45) is 5.61. The normalized spacial score (nSPS) is 14.9. The molecule has 3 aromatic heterocycles. The summed E-state index contributed by atoms with van der Waals surface area (Å²) in [7, 11) is 0. The molecule has 1 aliphatic heterocycles. The first kappa shape index (κ1) is 18.3. The Labute approximate surface area is 169 Å². The average molecular weight is 447 g/mol. The van der Waals surface area contributed by atoms with Crippen LogP contribution in [0.2, 0.25) is 0 Å². The molecule has 0 amide bonds. The van der Waals surface area contributed by atoms with Gasteiger partial charge in [-0.05, 0) is 60.9 Å². The van der Waals surface area contributed by atoms with Crippen molar-refractivity contribution in [3.63, 3.8) is 0 Å². The average Bonchev–Trinajstić information content (AvgIpc) is 3.15. The molecule has 1 aliphatic rings. The lowest BCUT2D eigenvalue weighted by Gasteiger charge is -2.19. The smallest absolute Gasteiger partial charge is 0.208 e. The molecule has 0 saturated carbocycles. The second-order valence-corrected chi connectivity index (χ2v) is 7.90. The molecule has 3 aromatic rings. The topological polar surface area (TPSA) is 84.9 Å². The molecule has 4 heterocycles. The van der Waals surface area contributed by atoms with Crippen LogP contribution in [-0.2, 0) is 0 Å². The van der Waals surface area contributed by atoms with Crippen LogP contribution in [0.4, 0.5) is 10.9 Å². The van der Waals surface area contributed by atoms with Crippen LogP contribution < -0.4 is 15.4 Å². The highest BCUT2D eigenvalue weighted by atomic mass is 79.9. The fourth-order valence-corrected chi connectivity index (χ4v) is 3.86. The summed E-state index contributed by atoms with van der Waals surface area (Å²) < 4.78 is 11.3. The number of nitrogens with zero attached hydrogens (tertiary/aromatic N) is 4. The van der Waals surface area contributed by atoms with Crippen molar-refractivity contribution in [1.29, 1.82) is 0 Å². The van der Waals surface area contributed by atoms with Crippen LogP contribution in [0.15, 0.2) is 35.1 Å². The van der Waals surface area contributed by atoms with Crippen molar-refractivity contribution in [2.45, 2.75) is 25.7 Å². The highest BCUT2D eigenvalue weighted by Crippen LogP contribution is 2.33. The summed E-state index contributed by atoms with van der Waals surface area (Å²) in [6.45, 7) is 3.96. The maximum absolute atomic E-state index is 5.99. The van der Waals surface area contributed by atoms with E-state index in [9.17, 15) is 0 Å².